The molecule has 1 aliphatic heterocycles. The maximum Gasteiger partial charge on any atom is 0.492 e. The molecule has 5 rings (SSSR count). The number of nitrogens with one attached hydrogen (secondary N) is 1. The van der Waals surface area contributed by atoms with Gasteiger partial charge in [-0.2, -0.15) is 0 Å². The third-order valence-corrected chi connectivity index (χ3v) is 7.88. The molecule has 0 bridgehead atoms. The molecule has 0 spiro atoms. The molecule has 39 heavy (non-hydrogen) atoms. The normalized spacial score (nSPS) is 17.7. The summed E-state index contributed by atoms with van der Waals surface area (Å²) in [6.45, 7) is 8.08. The number of fused-ring (bicyclic) bond motifs is 3. The molecule has 8 heteroatoms. The lowest BCUT2D eigenvalue weighted by atomic mass is 9.77. The fourth-order valence-electron chi connectivity index (χ4n) is 4.97. The van der Waals surface area contributed by atoms with Crippen molar-refractivity contribution >= 4 is 19.3 Å². The summed E-state index contributed by atoms with van der Waals surface area (Å²) in [5.41, 5.74) is 4.71. The molecule has 0 radical (unpaired) electrons. The van der Waals surface area contributed by atoms with Crippen molar-refractivity contribution < 1.29 is 27.6 Å². The van der Waals surface area contributed by atoms with E-state index in [1.807, 2.05) is 52.0 Å². The van der Waals surface area contributed by atoms with Gasteiger partial charge in [0.1, 0.15) is 6.61 Å². The first kappa shape index (κ1) is 27.1. The number of halogens is 2. The van der Waals surface area contributed by atoms with Crippen molar-refractivity contribution in [3.8, 4) is 11.1 Å². The minimum atomic E-state index is -2.54. The molecule has 1 N–H and O–H groups in total. The SMILES string of the molecule is CC1(C)OB(C(=Cc2ccc(C(F)F)cc2)CNC(=O)OCC2c3ccccc3-c3ccccc32)OC1(C)C. The Bertz CT molecular complexity index is 1330. The molecule has 3 aromatic carbocycles. The molecule has 2 aliphatic rings. The van der Waals surface area contributed by atoms with Crippen LogP contribution in [0.4, 0.5) is 13.6 Å². The Morgan fingerprint density at radius 3 is 2.00 bits per heavy atom. The highest BCUT2D eigenvalue weighted by atomic mass is 19.3. The van der Waals surface area contributed by atoms with Crippen LogP contribution >= 0.6 is 0 Å². The van der Waals surface area contributed by atoms with Crippen molar-refractivity contribution in [3.63, 3.8) is 0 Å². The van der Waals surface area contributed by atoms with Crippen molar-refractivity contribution in [2.45, 2.75) is 51.2 Å². The van der Waals surface area contributed by atoms with Gasteiger partial charge in [-0.05, 0) is 61.0 Å². The second-order valence-electron chi connectivity index (χ2n) is 11.0. The van der Waals surface area contributed by atoms with E-state index in [4.69, 9.17) is 14.0 Å². The van der Waals surface area contributed by atoms with E-state index in [1.165, 1.54) is 12.1 Å². The van der Waals surface area contributed by atoms with E-state index in [0.717, 1.165) is 22.3 Å². The van der Waals surface area contributed by atoms with Gasteiger partial charge in [0.2, 0.25) is 0 Å². The smallest absolute Gasteiger partial charge is 0.449 e. The first-order chi connectivity index (χ1) is 18.6. The van der Waals surface area contributed by atoms with Crippen LogP contribution in [-0.2, 0) is 14.0 Å². The number of rotatable bonds is 7. The largest absolute Gasteiger partial charge is 0.492 e. The van der Waals surface area contributed by atoms with E-state index in [2.05, 4.69) is 29.6 Å². The van der Waals surface area contributed by atoms with E-state index < -0.39 is 30.8 Å². The topological polar surface area (TPSA) is 56.8 Å². The zero-order valence-corrected chi connectivity index (χ0v) is 22.5. The molecular weight excluding hydrogens is 499 g/mol. The van der Waals surface area contributed by atoms with Gasteiger partial charge in [-0.1, -0.05) is 78.9 Å². The Balaban J connectivity index is 1.29. The summed E-state index contributed by atoms with van der Waals surface area (Å²) in [5, 5.41) is 2.83. The highest BCUT2D eigenvalue weighted by molar-refractivity contribution is 6.56. The van der Waals surface area contributed by atoms with Crippen molar-refractivity contribution in [2.24, 2.45) is 0 Å². The lowest BCUT2D eigenvalue weighted by molar-refractivity contribution is 0.00578. The van der Waals surface area contributed by atoms with Gasteiger partial charge in [0.05, 0.1) is 11.2 Å². The monoisotopic (exact) mass is 531 g/mol. The standard InChI is InChI=1S/C31H32BF2NO4/c1-30(2)31(3,4)39-32(38-30)22(17-20-13-15-21(16-14-20)28(33)34)18-35-29(36)37-19-27-25-11-7-5-9-23(25)24-10-6-8-12-26(24)27/h5-17,27-28H,18-19H2,1-4H3,(H,35,36). The van der Waals surface area contributed by atoms with Crippen LogP contribution in [0, 0.1) is 0 Å². The minimum absolute atomic E-state index is 0.0467. The van der Waals surface area contributed by atoms with Crippen LogP contribution in [0.1, 0.15) is 62.3 Å². The second kappa shape index (κ2) is 10.6. The lowest BCUT2D eigenvalue weighted by Crippen LogP contribution is -2.41. The third kappa shape index (κ3) is 5.49. The molecule has 0 aromatic heterocycles. The lowest BCUT2D eigenvalue weighted by Gasteiger charge is -2.32. The Kier molecular flexibility index (Phi) is 7.36. The summed E-state index contributed by atoms with van der Waals surface area (Å²) < 4.78 is 44.1. The number of amides is 1. The molecule has 1 amide bonds. The summed E-state index contributed by atoms with van der Waals surface area (Å²) in [4.78, 5) is 12.8. The fourth-order valence-corrected chi connectivity index (χ4v) is 4.97. The van der Waals surface area contributed by atoms with E-state index in [-0.39, 0.29) is 24.6 Å². The Morgan fingerprint density at radius 2 is 1.46 bits per heavy atom. The zero-order valence-electron chi connectivity index (χ0n) is 22.5. The highest BCUT2D eigenvalue weighted by Crippen LogP contribution is 2.44. The van der Waals surface area contributed by atoms with Gasteiger partial charge in [-0.15, -0.1) is 0 Å². The number of carbonyl (C=O) groups is 1. The number of hydrogen-bond donors (Lipinski definition) is 1. The predicted octanol–water partition coefficient (Wildman–Crippen LogP) is 7.18. The second-order valence-corrected chi connectivity index (χ2v) is 11.0. The summed E-state index contributed by atoms with van der Waals surface area (Å²) in [5.74, 6) is -0.0467. The maximum atomic E-state index is 13.0. The Hall–Kier alpha value is -3.49. The van der Waals surface area contributed by atoms with Crippen molar-refractivity contribution in [1.29, 1.82) is 0 Å². The van der Waals surface area contributed by atoms with Gasteiger partial charge in [-0.25, -0.2) is 13.6 Å². The van der Waals surface area contributed by atoms with Crippen LogP contribution in [0.5, 0.6) is 0 Å². The van der Waals surface area contributed by atoms with Crippen LogP contribution < -0.4 is 5.32 Å². The molecule has 5 nitrogen and oxygen atoms in total. The van der Waals surface area contributed by atoms with Gasteiger partial charge >= 0.3 is 13.2 Å². The number of benzene rings is 3. The van der Waals surface area contributed by atoms with Crippen molar-refractivity contribution in [1.82, 2.24) is 5.32 Å². The average Bonchev–Trinajstić information content (AvgIpc) is 3.34. The van der Waals surface area contributed by atoms with Crippen LogP contribution in [-0.4, -0.2) is 37.6 Å². The van der Waals surface area contributed by atoms with Gasteiger partial charge in [-0.3, -0.25) is 0 Å². The van der Waals surface area contributed by atoms with E-state index in [0.29, 0.717) is 11.0 Å². The molecule has 1 aliphatic carbocycles. The summed E-state index contributed by atoms with van der Waals surface area (Å²) in [7, 11) is -0.723. The molecule has 202 valence electrons. The van der Waals surface area contributed by atoms with Gasteiger partial charge in [0, 0.05) is 18.0 Å². The number of alkyl halides is 2. The van der Waals surface area contributed by atoms with E-state index in [9.17, 15) is 13.6 Å². The van der Waals surface area contributed by atoms with Crippen LogP contribution in [0.15, 0.2) is 78.3 Å². The van der Waals surface area contributed by atoms with E-state index in [1.54, 1.807) is 18.2 Å². The average molecular weight is 531 g/mol. The molecular formula is C31H32BF2NO4. The first-order valence-electron chi connectivity index (χ1n) is 13.1. The Morgan fingerprint density at radius 1 is 0.923 bits per heavy atom. The molecule has 0 saturated carbocycles. The van der Waals surface area contributed by atoms with Gasteiger partial charge < -0.3 is 19.4 Å². The number of hydrogen-bond acceptors (Lipinski definition) is 4. The maximum absolute atomic E-state index is 13.0. The number of alkyl carbamates (subject to hydrolysis) is 1. The first-order valence-corrected chi connectivity index (χ1v) is 13.1. The molecule has 1 saturated heterocycles. The highest BCUT2D eigenvalue weighted by Gasteiger charge is 2.52. The predicted molar refractivity (Wildman–Crippen MR) is 149 cm³/mol. The van der Waals surface area contributed by atoms with Crippen LogP contribution in [0.25, 0.3) is 17.2 Å². The molecule has 0 atom stereocenters. The van der Waals surface area contributed by atoms with Crippen LogP contribution in [0.3, 0.4) is 0 Å². The minimum Gasteiger partial charge on any atom is -0.449 e. The Labute approximate surface area is 228 Å². The van der Waals surface area contributed by atoms with Gasteiger partial charge in [0.15, 0.2) is 0 Å². The molecule has 0 unspecified atom stereocenters. The molecule has 3 aromatic rings. The number of ether oxygens (including phenoxy) is 1. The molecule has 1 fully saturated rings. The zero-order chi connectivity index (χ0) is 27.8. The quantitative estimate of drug-likeness (QED) is 0.328. The summed E-state index contributed by atoms with van der Waals surface area (Å²) >= 11 is 0. The van der Waals surface area contributed by atoms with Crippen molar-refractivity contribution in [2.75, 3.05) is 13.2 Å². The van der Waals surface area contributed by atoms with E-state index >= 15 is 0 Å². The summed E-state index contributed by atoms with van der Waals surface area (Å²) in [6.07, 6.45) is -1.31. The number of carbonyl (C=O) groups excluding carboxylic acids is 1. The fraction of sp³-hybridized carbons (Fsp3) is 0.323. The van der Waals surface area contributed by atoms with Crippen LogP contribution in [0.2, 0.25) is 0 Å². The third-order valence-electron chi connectivity index (χ3n) is 7.88. The molecule has 1 heterocycles. The van der Waals surface area contributed by atoms with Crippen molar-refractivity contribution in [3.05, 3.63) is 101 Å². The summed E-state index contributed by atoms with van der Waals surface area (Å²) in [6, 6.07) is 22.3. The van der Waals surface area contributed by atoms with Gasteiger partial charge in [0.25, 0.3) is 6.43 Å².